The van der Waals surface area contributed by atoms with E-state index < -0.39 is 0 Å². The summed E-state index contributed by atoms with van der Waals surface area (Å²) in [4.78, 5) is 0. The second kappa shape index (κ2) is 4.91. The van der Waals surface area contributed by atoms with E-state index >= 15 is 0 Å². The Morgan fingerprint density at radius 1 is 1.57 bits per heavy atom. The van der Waals surface area contributed by atoms with Gasteiger partial charge < -0.3 is 10.5 Å². The van der Waals surface area contributed by atoms with Gasteiger partial charge in [0.2, 0.25) is 0 Å². The summed E-state index contributed by atoms with van der Waals surface area (Å²) in [6.45, 7) is 4.07. The van der Waals surface area contributed by atoms with E-state index in [1.807, 2.05) is 13.8 Å². The number of thiophene rings is 1. The number of hydrogen-bond acceptors (Lipinski definition) is 3. The molecule has 1 rings (SSSR count). The third-order valence-corrected chi connectivity index (χ3v) is 3.48. The van der Waals surface area contributed by atoms with E-state index in [0.717, 1.165) is 12.8 Å². The minimum atomic E-state index is -0.226. The largest absolute Gasteiger partial charge is 0.377 e. The predicted octanol–water partition coefficient (Wildman–Crippen LogP) is 2.43. The first-order chi connectivity index (χ1) is 6.56. The zero-order chi connectivity index (χ0) is 10.6. The van der Waals surface area contributed by atoms with E-state index in [2.05, 4.69) is 16.8 Å². The van der Waals surface area contributed by atoms with Crippen LogP contribution in [0.25, 0.3) is 0 Å². The lowest BCUT2D eigenvalue weighted by atomic mass is 9.94. The molecule has 0 aliphatic heterocycles. The van der Waals surface area contributed by atoms with Crippen LogP contribution in [0.1, 0.15) is 25.8 Å². The number of rotatable bonds is 5. The molecule has 3 heteroatoms. The first-order valence-electron chi connectivity index (χ1n) is 4.88. The lowest BCUT2D eigenvalue weighted by Gasteiger charge is -2.30. The van der Waals surface area contributed by atoms with Crippen LogP contribution in [0.4, 0.5) is 0 Å². The van der Waals surface area contributed by atoms with Gasteiger partial charge in [-0.3, -0.25) is 0 Å². The van der Waals surface area contributed by atoms with Gasteiger partial charge in [0.25, 0.3) is 0 Å². The first-order valence-corrected chi connectivity index (χ1v) is 5.82. The molecule has 0 bridgehead atoms. The maximum Gasteiger partial charge on any atom is 0.0773 e. The summed E-state index contributed by atoms with van der Waals surface area (Å²) < 4.78 is 5.35. The highest BCUT2D eigenvalue weighted by molar-refractivity contribution is 7.07. The van der Waals surface area contributed by atoms with Crippen LogP contribution in [0, 0.1) is 0 Å². The lowest BCUT2D eigenvalue weighted by Crippen LogP contribution is -2.44. The van der Waals surface area contributed by atoms with E-state index in [-0.39, 0.29) is 11.6 Å². The lowest BCUT2D eigenvalue weighted by molar-refractivity contribution is -0.00131. The van der Waals surface area contributed by atoms with Crippen LogP contribution in [0.15, 0.2) is 16.8 Å². The average molecular weight is 213 g/mol. The van der Waals surface area contributed by atoms with Gasteiger partial charge in [-0.1, -0.05) is 0 Å². The Kier molecular flexibility index (Phi) is 4.11. The first kappa shape index (κ1) is 11.7. The SMILES string of the molecule is COC(C)(C)C(N)CCc1ccsc1. The second-order valence-corrected chi connectivity index (χ2v) is 4.86. The van der Waals surface area contributed by atoms with Crippen LogP contribution in [-0.2, 0) is 11.2 Å². The molecule has 1 unspecified atom stereocenters. The van der Waals surface area contributed by atoms with Gasteiger partial charge in [0.1, 0.15) is 0 Å². The highest BCUT2D eigenvalue weighted by Crippen LogP contribution is 2.17. The molecule has 0 aromatic carbocycles. The maximum atomic E-state index is 6.06. The highest BCUT2D eigenvalue weighted by Gasteiger charge is 2.25. The van der Waals surface area contributed by atoms with E-state index in [1.165, 1.54) is 5.56 Å². The number of hydrogen-bond donors (Lipinski definition) is 1. The molecule has 0 amide bonds. The normalized spacial score (nSPS) is 14.3. The van der Waals surface area contributed by atoms with Crippen molar-refractivity contribution in [3.05, 3.63) is 22.4 Å². The number of nitrogens with two attached hydrogens (primary N) is 1. The Morgan fingerprint density at radius 2 is 2.29 bits per heavy atom. The molecule has 0 spiro atoms. The van der Waals surface area contributed by atoms with Gasteiger partial charge >= 0.3 is 0 Å². The van der Waals surface area contributed by atoms with Gasteiger partial charge in [-0.25, -0.2) is 0 Å². The van der Waals surface area contributed by atoms with E-state index in [1.54, 1.807) is 18.4 Å². The Hall–Kier alpha value is -0.380. The minimum absolute atomic E-state index is 0.0902. The zero-order valence-corrected chi connectivity index (χ0v) is 9.93. The molecule has 2 nitrogen and oxygen atoms in total. The molecule has 14 heavy (non-hydrogen) atoms. The van der Waals surface area contributed by atoms with E-state index in [0.29, 0.717) is 0 Å². The Balaban J connectivity index is 2.38. The van der Waals surface area contributed by atoms with Gasteiger partial charge in [0, 0.05) is 13.2 Å². The number of methoxy groups -OCH3 is 1. The molecule has 2 N–H and O–H groups in total. The number of aryl methyl sites for hydroxylation is 1. The molecular formula is C11H19NOS. The van der Waals surface area contributed by atoms with Crippen LogP contribution in [0.2, 0.25) is 0 Å². The minimum Gasteiger partial charge on any atom is -0.377 e. The van der Waals surface area contributed by atoms with Gasteiger partial charge in [-0.2, -0.15) is 11.3 Å². The summed E-state index contributed by atoms with van der Waals surface area (Å²) in [5, 5.41) is 4.27. The van der Waals surface area contributed by atoms with E-state index in [4.69, 9.17) is 10.5 Å². The topological polar surface area (TPSA) is 35.2 Å². The molecule has 0 saturated carbocycles. The summed E-state index contributed by atoms with van der Waals surface area (Å²) in [5.41, 5.74) is 7.20. The van der Waals surface area contributed by atoms with Gasteiger partial charge in [0.15, 0.2) is 0 Å². The predicted molar refractivity (Wildman–Crippen MR) is 61.7 cm³/mol. The summed E-state index contributed by atoms with van der Waals surface area (Å²) in [5.74, 6) is 0. The van der Waals surface area contributed by atoms with Gasteiger partial charge in [-0.15, -0.1) is 0 Å². The molecule has 0 aliphatic carbocycles. The van der Waals surface area contributed by atoms with Crippen molar-refractivity contribution in [2.45, 2.75) is 38.3 Å². The molecule has 0 fully saturated rings. The molecule has 1 atom stereocenters. The Morgan fingerprint density at radius 3 is 2.79 bits per heavy atom. The van der Waals surface area contributed by atoms with Crippen LogP contribution < -0.4 is 5.73 Å². The Bertz CT molecular complexity index is 256. The van der Waals surface area contributed by atoms with E-state index in [9.17, 15) is 0 Å². The van der Waals surface area contributed by atoms with Crippen molar-refractivity contribution in [2.75, 3.05) is 7.11 Å². The van der Waals surface area contributed by atoms with Crippen molar-refractivity contribution in [2.24, 2.45) is 5.73 Å². The van der Waals surface area contributed by atoms with Crippen molar-refractivity contribution < 1.29 is 4.74 Å². The fourth-order valence-electron chi connectivity index (χ4n) is 1.26. The second-order valence-electron chi connectivity index (χ2n) is 4.08. The standard InChI is InChI=1S/C11H19NOS/c1-11(2,13-3)10(12)5-4-9-6-7-14-8-9/h6-8,10H,4-5,12H2,1-3H3. The van der Waals surface area contributed by atoms with Crippen molar-refractivity contribution in [1.29, 1.82) is 0 Å². The molecular weight excluding hydrogens is 194 g/mol. The quantitative estimate of drug-likeness (QED) is 0.815. The summed E-state index contributed by atoms with van der Waals surface area (Å²) in [6.07, 6.45) is 2.01. The third-order valence-electron chi connectivity index (χ3n) is 2.74. The van der Waals surface area contributed by atoms with Crippen LogP contribution >= 0.6 is 11.3 Å². The summed E-state index contributed by atoms with van der Waals surface area (Å²) in [6, 6.07) is 2.24. The monoisotopic (exact) mass is 213 g/mol. The average Bonchev–Trinajstić information content (AvgIpc) is 2.66. The van der Waals surface area contributed by atoms with Crippen LogP contribution in [0.5, 0.6) is 0 Å². The van der Waals surface area contributed by atoms with Crippen LogP contribution in [0.3, 0.4) is 0 Å². The molecule has 80 valence electrons. The zero-order valence-electron chi connectivity index (χ0n) is 9.12. The molecule has 0 saturated heterocycles. The highest BCUT2D eigenvalue weighted by atomic mass is 32.1. The van der Waals surface area contributed by atoms with Gasteiger partial charge in [-0.05, 0) is 49.1 Å². The third kappa shape index (κ3) is 3.08. The Labute approximate surface area is 90.1 Å². The molecule has 1 aromatic heterocycles. The fraction of sp³-hybridized carbons (Fsp3) is 0.636. The molecule has 1 heterocycles. The fourth-order valence-corrected chi connectivity index (χ4v) is 1.96. The van der Waals surface area contributed by atoms with Crippen LogP contribution in [-0.4, -0.2) is 18.8 Å². The van der Waals surface area contributed by atoms with Crippen molar-refractivity contribution in [3.8, 4) is 0 Å². The molecule has 1 aromatic rings. The number of ether oxygens (including phenoxy) is 1. The smallest absolute Gasteiger partial charge is 0.0773 e. The maximum absolute atomic E-state index is 6.06. The van der Waals surface area contributed by atoms with Crippen molar-refractivity contribution >= 4 is 11.3 Å². The van der Waals surface area contributed by atoms with Gasteiger partial charge in [0.05, 0.1) is 5.60 Å². The van der Waals surface area contributed by atoms with Crippen molar-refractivity contribution in [1.82, 2.24) is 0 Å². The molecule has 0 aliphatic rings. The summed E-state index contributed by atoms with van der Waals surface area (Å²) >= 11 is 1.73. The molecule has 0 radical (unpaired) electrons. The van der Waals surface area contributed by atoms with Crippen molar-refractivity contribution in [3.63, 3.8) is 0 Å². The summed E-state index contributed by atoms with van der Waals surface area (Å²) in [7, 11) is 1.71.